The maximum absolute atomic E-state index is 12.7. The summed E-state index contributed by atoms with van der Waals surface area (Å²) >= 11 is 6.29. The molecule has 8 heteroatoms. The standard InChI is InChI=1S/C17H19ClN2O5/c1-19-9-17(25-16(19)22)2-3-20(10-17)15(21)7-11-6-13-14(8-12(11)18)24-5-4-23-13/h6,8H,2-5,7,9-10H2,1H3/t17-/m1/s1. The minimum absolute atomic E-state index is 0.0407. The molecular formula is C17H19ClN2O5. The van der Waals surface area contributed by atoms with Gasteiger partial charge in [0.2, 0.25) is 5.91 Å². The van der Waals surface area contributed by atoms with Gasteiger partial charge in [-0.1, -0.05) is 11.6 Å². The van der Waals surface area contributed by atoms with Gasteiger partial charge in [-0.25, -0.2) is 4.79 Å². The van der Waals surface area contributed by atoms with E-state index in [0.29, 0.717) is 61.4 Å². The van der Waals surface area contributed by atoms with Gasteiger partial charge in [0.1, 0.15) is 13.2 Å². The van der Waals surface area contributed by atoms with Crippen LogP contribution in [0.15, 0.2) is 12.1 Å². The summed E-state index contributed by atoms with van der Waals surface area (Å²) in [5.41, 5.74) is 0.135. The average molecular weight is 367 g/mol. The molecule has 2 saturated heterocycles. The van der Waals surface area contributed by atoms with E-state index in [1.807, 2.05) is 0 Å². The lowest BCUT2D eigenvalue weighted by Crippen LogP contribution is -2.39. The minimum atomic E-state index is -0.571. The molecule has 1 atom stereocenters. The zero-order chi connectivity index (χ0) is 17.6. The van der Waals surface area contributed by atoms with Crippen LogP contribution < -0.4 is 9.47 Å². The third-order valence-electron chi connectivity index (χ3n) is 4.86. The second-order valence-corrected chi connectivity index (χ2v) is 7.14. The van der Waals surface area contributed by atoms with E-state index in [1.165, 1.54) is 0 Å². The highest BCUT2D eigenvalue weighted by molar-refractivity contribution is 6.31. The number of likely N-dealkylation sites (N-methyl/N-ethyl adjacent to an activating group) is 1. The fraction of sp³-hybridized carbons (Fsp3) is 0.529. The Kier molecular flexibility index (Phi) is 3.91. The Morgan fingerprint density at radius 3 is 2.64 bits per heavy atom. The van der Waals surface area contributed by atoms with Crippen LogP contribution in [-0.2, 0) is 16.0 Å². The lowest BCUT2D eigenvalue weighted by atomic mass is 10.0. The van der Waals surface area contributed by atoms with Crippen molar-refractivity contribution in [2.75, 3.05) is 39.9 Å². The second-order valence-electron chi connectivity index (χ2n) is 6.74. The van der Waals surface area contributed by atoms with Crippen molar-refractivity contribution >= 4 is 23.6 Å². The van der Waals surface area contributed by atoms with Crippen molar-refractivity contribution in [2.45, 2.75) is 18.4 Å². The molecule has 0 aliphatic carbocycles. The van der Waals surface area contributed by atoms with Crippen molar-refractivity contribution in [1.82, 2.24) is 9.80 Å². The van der Waals surface area contributed by atoms with E-state index in [4.69, 9.17) is 25.8 Å². The first-order valence-electron chi connectivity index (χ1n) is 8.26. The monoisotopic (exact) mass is 366 g/mol. The molecule has 25 heavy (non-hydrogen) atoms. The molecule has 3 aliphatic rings. The van der Waals surface area contributed by atoms with Crippen LogP contribution in [0.3, 0.4) is 0 Å². The molecule has 7 nitrogen and oxygen atoms in total. The number of amides is 2. The van der Waals surface area contributed by atoms with Crippen molar-refractivity contribution in [1.29, 1.82) is 0 Å². The summed E-state index contributed by atoms with van der Waals surface area (Å²) in [7, 11) is 1.70. The molecule has 0 aromatic heterocycles. The van der Waals surface area contributed by atoms with Gasteiger partial charge in [0.15, 0.2) is 17.1 Å². The first-order chi connectivity index (χ1) is 12.0. The molecule has 0 bridgehead atoms. The fourth-order valence-corrected chi connectivity index (χ4v) is 3.80. The molecule has 0 unspecified atom stereocenters. The Balaban J connectivity index is 1.45. The van der Waals surface area contributed by atoms with Crippen molar-refractivity contribution < 1.29 is 23.8 Å². The minimum Gasteiger partial charge on any atom is -0.486 e. The molecule has 1 spiro atoms. The number of benzene rings is 1. The number of rotatable bonds is 2. The molecule has 0 N–H and O–H groups in total. The predicted molar refractivity (Wildman–Crippen MR) is 89.2 cm³/mol. The van der Waals surface area contributed by atoms with Gasteiger partial charge >= 0.3 is 6.09 Å². The normalized spacial score (nSPS) is 24.8. The second kappa shape index (κ2) is 5.98. The Morgan fingerprint density at radius 1 is 1.24 bits per heavy atom. The summed E-state index contributed by atoms with van der Waals surface area (Å²) in [6.45, 7) is 2.48. The molecule has 1 aromatic rings. The van der Waals surface area contributed by atoms with Gasteiger partial charge in [-0.15, -0.1) is 0 Å². The third kappa shape index (κ3) is 2.97. The van der Waals surface area contributed by atoms with E-state index < -0.39 is 5.60 Å². The third-order valence-corrected chi connectivity index (χ3v) is 5.21. The lowest BCUT2D eigenvalue weighted by Gasteiger charge is -2.23. The molecule has 3 heterocycles. The summed E-state index contributed by atoms with van der Waals surface area (Å²) in [5, 5.41) is 0.485. The molecule has 4 rings (SSSR count). The van der Waals surface area contributed by atoms with Crippen molar-refractivity contribution in [2.24, 2.45) is 0 Å². The smallest absolute Gasteiger partial charge is 0.410 e. The average Bonchev–Trinajstić information content (AvgIpc) is 3.11. The largest absolute Gasteiger partial charge is 0.486 e. The quantitative estimate of drug-likeness (QED) is 0.797. The van der Waals surface area contributed by atoms with Crippen LogP contribution in [0.4, 0.5) is 4.79 Å². The molecule has 134 valence electrons. The van der Waals surface area contributed by atoms with Crippen LogP contribution in [-0.4, -0.2) is 67.3 Å². The maximum atomic E-state index is 12.7. The lowest BCUT2D eigenvalue weighted by molar-refractivity contribution is -0.130. The number of ether oxygens (including phenoxy) is 3. The molecule has 0 radical (unpaired) electrons. The number of carbonyl (C=O) groups excluding carboxylic acids is 2. The van der Waals surface area contributed by atoms with Crippen LogP contribution in [0.25, 0.3) is 0 Å². The van der Waals surface area contributed by atoms with Gasteiger partial charge in [-0.3, -0.25) is 4.79 Å². The summed E-state index contributed by atoms with van der Waals surface area (Å²) in [5.74, 6) is 1.18. The number of carbonyl (C=O) groups is 2. The van der Waals surface area contributed by atoms with Gasteiger partial charge in [0, 0.05) is 31.1 Å². The van der Waals surface area contributed by atoms with E-state index in [9.17, 15) is 9.59 Å². The zero-order valence-electron chi connectivity index (χ0n) is 13.9. The fourth-order valence-electron chi connectivity index (χ4n) is 3.58. The highest BCUT2D eigenvalue weighted by Crippen LogP contribution is 2.36. The Hall–Kier alpha value is -2.15. The summed E-state index contributed by atoms with van der Waals surface area (Å²) < 4.78 is 16.5. The molecule has 2 fully saturated rings. The number of nitrogens with zero attached hydrogens (tertiary/aromatic N) is 2. The highest BCUT2D eigenvalue weighted by Gasteiger charge is 2.49. The van der Waals surface area contributed by atoms with Crippen molar-refractivity contribution in [3.63, 3.8) is 0 Å². The van der Waals surface area contributed by atoms with Crippen LogP contribution >= 0.6 is 11.6 Å². The topological polar surface area (TPSA) is 68.3 Å². The summed E-state index contributed by atoms with van der Waals surface area (Å²) in [6, 6.07) is 3.46. The number of fused-ring (bicyclic) bond motifs is 1. The Morgan fingerprint density at radius 2 is 1.96 bits per heavy atom. The van der Waals surface area contributed by atoms with Crippen molar-refractivity contribution in [3.05, 3.63) is 22.7 Å². The Bertz CT molecular complexity index is 740. The van der Waals surface area contributed by atoms with Gasteiger partial charge in [0.25, 0.3) is 0 Å². The number of hydrogen-bond acceptors (Lipinski definition) is 5. The van der Waals surface area contributed by atoms with Crippen LogP contribution in [0.5, 0.6) is 11.5 Å². The van der Waals surface area contributed by atoms with E-state index in [2.05, 4.69) is 0 Å². The molecule has 1 aromatic carbocycles. The SMILES string of the molecule is CN1C[C@@]2(CCN(C(=O)Cc3cc4c(cc3Cl)OCCO4)C2)OC1=O. The van der Waals surface area contributed by atoms with Crippen LogP contribution in [0.1, 0.15) is 12.0 Å². The zero-order valence-corrected chi connectivity index (χ0v) is 14.7. The van der Waals surface area contributed by atoms with E-state index in [-0.39, 0.29) is 18.4 Å². The summed E-state index contributed by atoms with van der Waals surface area (Å²) in [4.78, 5) is 27.6. The summed E-state index contributed by atoms with van der Waals surface area (Å²) in [6.07, 6.45) is 0.503. The van der Waals surface area contributed by atoms with Crippen molar-refractivity contribution in [3.8, 4) is 11.5 Å². The number of halogens is 1. The van der Waals surface area contributed by atoms with Crippen LogP contribution in [0, 0.1) is 0 Å². The van der Waals surface area contributed by atoms with Gasteiger partial charge in [-0.2, -0.15) is 0 Å². The Labute approximate surface area is 150 Å². The van der Waals surface area contributed by atoms with E-state index in [0.717, 1.165) is 0 Å². The number of hydrogen-bond donors (Lipinski definition) is 0. The molecule has 0 saturated carbocycles. The predicted octanol–water partition coefficient (Wildman–Crippen LogP) is 1.71. The van der Waals surface area contributed by atoms with Crippen LogP contribution in [0.2, 0.25) is 5.02 Å². The number of likely N-dealkylation sites (tertiary alicyclic amines) is 1. The van der Waals surface area contributed by atoms with Gasteiger partial charge in [-0.05, 0) is 11.6 Å². The van der Waals surface area contributed by atoms with E-state index >= 15 is 0 Å². The van der Waals surface area contributed by atoms with Gasteiger partial charge in [0.05, 0.1) is 19.5 Å². The molecule has 2 amide bonds. The first-order valence-corrected chi connectivity index (χ1v) is 8.63. The maximum Gasteiger partial charge on any atom is 0.410 e. The molecular weight excluding hydrogens is 348 g/mol. The first kappa shape index (κ1) is 16.3. The van der Waals surface area contributed by atoms with E-state index in [1.54, 1.807) is 29.0 Å². The highest BCUT2D eigenvalue weighted by atomic mass is 35.5. The molecule has 3 aliphatic heterocycles. The van der Waals surface area contributed by atoms with Gasteiger partial charge < -0.3 is 24.0 Å².